The van der Waals surface area contributed by atoms with E-state index in [1.807, 2.05) is 25.1 Å². The zero-order chi connectivity index (χ0) is 17.9. The van der Waals surface area contributed by atoms with Crippen LogP contribution in [0.1, 0.15) is 29.1 Å². The quantitative estimate of drug-likeness (QED) is 0.727. The highest BCUT2D eigenvalue weighted by Gasteiger charge is 2.21. The summed E-state index contributed by atoms with van der Waals surface area (Å²) in [5, 5.41) is 5.35. The Morgan fingerprint density at radius 1 is 1.42 bits per heavy atom. The molecule has 1 fully saturated rings. The van der Waals surface area contributed by atoms with Gasteiger partial charge in [-0.15, -0.1) is 11.3 Å². The van der Waals surface area contributed by atoms with Gasteiger partial charge in [0.2, 0.25) is 5.91 Å². The normalized spacial score (nSPS) is 18.3. The number of hydrogen-bond acceptors (Lipinski definition) is 4. The summed E-state index contributed by atoms with van der Waals surface area (Å²) in [5.41, 5.74) is 2.96. The number of aryl methyl sites for hydroxylation is 1. The topological polar surface area (TPSA) is 61.0 Å². The SMILES string of the molecule is Cc1nc2ccc(CC(=O)NC3CCCN(Cc4cccs4)C3)cc2[nH]1. The Kier molecular flexibility index (Phi) is 5.04. The summed E-state index contributed by atoms with van der Waals surface area (Å²) in [6, 6.07) is 10.5. The number of aromatic amines is 1. The lowest BCUT2D eigenvalue weighted by Crippen LogP contribution is -2.47. The maximum atomic E-state index is 12.5. The first-order valence-electron chi connectivity index (χ1n) is 9.15. The fourth-order valence-electron chi connectivity index (χ4n) is 3.70. The molecule has 2 aromatic heterocycles. The number of carbonyl (C=O) groups is 1. The number of hydrogen-bond donors (Lipinski definition) is 2. The summed E-state index contributed by atoms with van der Waals surface area (Å²) in [5.74, 6) is 0.998. The molecule has 5 nitrogen and oxygen atoms in total. The van der Waals surface area contributed by atoms with Crippen molar-refractivity contribution in [1.29, 1.82) is 0 Å². The maximum Gasteiger partial charge on any atom is 0.224 e. The summed E-state index contributed by atoms with van der Waals surface area (Å²) < 4.78 is 0. The average Bonchev–Trinajstić information content (AvgIpc) is 3.23. The number of nitrogens with zero attached hydrogens (tertiary/aromatic N) is 2. The van der Waals surface area contributed by atoms with E-state index in [1.54, 1.807) is 11.3 Å². The number of aromatic nitrogens is 2. The van der Waals surface area contributed by atoms with Crippen molar-refractivity contribution in [3.8, 4) is 0 Å². The molecule has 26 heavy (non-hydrogen) atoms. The Bertz CT molecular complexity index is 886. The smallest absolute Gasteiger partial charge is 0.224 e. The molecular formula is C20H24N4OS. The van der Waals surface area contributed by atoms with E-state index in [-0.39, 0.29) is 11.9 Å². The van der Waals surface area contributed by atoms with E-state index in [4.69, 9.17) is 0 Å². The van der Waals surface area contributed by atoms with Gasteiger partial charge in [-0.05, 0) is 55.5 Å². The molecule has 0 saturated carbocycles. The molecular weight excluding hydrogens is 344 g/mol. The van der Waals surface area contributed by atoms with Gasteiger partial charge >= 0.3 is 0 Å². The predicted molar refractivity (Wildman–Crippen MR) is 105 cm³/mol. The Morgan fingerprint density at radius 2 is 2.35 bits per heavy atom. The van der Waals surface area contributed by atoms with Gasteiger partial charge in [0.05, 0.1) is 17.5 Å². The molecule has 0 aliphatic carbocycles. The molecule has 6 heteroatoms. The zero-order valence-electron chi connectivity index (χ0n) is 15.0. The third-order valence-corrected chi connectivity index (χ3v) is 5.72. The van der Waals surface area contributed by atoms with Gasteiger partial charge in [0.15, 0.2) is 0 Å². The molecule has 3 aromatic rings. The number of fused-ring (bicyclic) bond motifs is 1. The number of piperidine rings is 1. The number of benzene rings is 1. The van der Waals surface area contributed by atoms with Crippen LogP contribution in [0.3, 0.4) is 0 Å². The van der Waals surface area contributed by atoms with Gasteiger partial charge in [0.1, 0.15) is 5.82 Å². The van der Waals surface area contributed by atoms with Crippen LogP contribution in [-0.2, 0) is 17.8 Å². The first-order valence-corrected chi connectivity index (χ1v) is 10.0. The number of H-pyrrole nitrogens is 1. The third kappa shape index (κ3) is 4.14. The molecule has 4 rings (SSSR count). The fourth-order valence-corrected chi connectivity index (χ4v) is 4.44. The van der Waals surface area contributed by atoms with Crippen molar-refractivity contribution >= 4 is 28.3 Å². The van der Waals surface area contributed by atoms with Gasteiger partial charge in [-0.3, -0.25) is 9.69 Å². The lowest BCUT2D eigenvalue weighted by Gasteiger charge is -2.32. The molecule has 1 aromatic carbocycles. The second kappa shape index (κ2) is 7.60. The number of carbonyl (C=O) groups excluding carboxylic acids is 1. The van der Waals surface area contributed by atoms with Crippen LogP contribution in [-0.4, -0.2) is 39.9 Å². The maximum absolute atomic E-state index is 12.5. The van der Waals surface area contributed by atoms with Crippen LogP contribution in [0.15, 0.2) is 35.7 Å². The number of rotatable bonds is 5. The lowest BCUT2D eigenvalue weighted by atomic mass is 10.0. The number of amides is 1. The highest BCUT2D eigenvalue weighted by atomic mass is 32.1. The molecule has 136 valence electrons. The van der Waals surface area contributed by atoms with Crippen molar-refractivity contribution in [2.75, 3.05) is 13.1 Å². The molecule has 1 atom stereocenters. The molecule has 3 heterocycles. The van der Waals surface area contributed by atoms with Gasteiger partial charge < -0.3 is 10.3 Å². The molecule has 0 radical (unpaired) electrons. The van der Waals surface area contributed by atoms with Crippen molar-refractivity contribution in [2.45, 2.75) is 38.8 Å². The Morgan fingerprint density at radius 3 is 3.19 bits per heavy atom. The van der Waals surface area contributed by atoms with Crippen LogP contribution in [0.25, 0.3) is 11.0 Å². The minimum Gasteiger partial charge on any atom is -0.352 e. The van der Waals surface area contributed by atoms with Crippen LogP contribution in [0.4, 0.5) is 0 Å². The van der Waals surface area contributed by atoms with Gasteiger partial charge in [-0.25, -0.2) is 4.98 Å². The van der Waals surface area contributed by atoms with Gasteiger partial charge in [0.25, 0.3) is 0 Å². The number of imidazole rings is 1. The van der Waals surface area contributed by atoms with E-state index in [2.05, 4.69) is 37.7 Å². The summed E-state index contributed by atoms with van der Waals surface area (Å²) in [6.45, 7) is 4.97. The van der Waals surface area contributed by atoms with Crippen LogP contribution in [0, 0.1) is 6.92 Å². The third-order valence-electron chi connectivity index (χ3n) is 4.86. The number of likely N-dealkylation sites (tertiary alicyclic amines) is 1. The van der Waals surface area contributed by atoms with Crippen molar-refractivity contribution in [3.63, 3.8) is 0 Å². The molecule has 0 bridgehead atoms. The van der Waals surface area contributed by atoms with E-state index < -0.39 is 0 Å². The minimum absolute atomic E-state index is 0.101. The Labute approximate surface area is 157 Å². The molecule has 1 aliphatic rings. The van der Waals surface area contributed by atoms with E-state index >= 15 is 0 Å². The fraction of sp³-hybridized carbons (Fsp3) is 0.400. The van der Waals surface area contributed by atoms with Crippen molar-refractivity contribution in [1.82, 2.24) is 20.2 Å². The second-order valence-corrected chi connectivity index (χ2v) is 8.10. The van der Waals surface area contributed by atoms with Gasteiger partial charge in [0, 0.05) is 24.0 Å². The molecule has 0 spiro atoms. The summed E-state index contributed by atoms with van der Waals surface area (Å²) in [6.07, 6.45) is 2.61. The second-order valence-electron chi connectivity index (χ2n) is 7.07. The van der Waals surface area contributed by atoms with Crippen LogP contribution >= 0.6 is 11.3 Å². The highest BCUT2D eigenvalue weighted by molar-refractivity contribution is 7.09. The standard InChI is InChI=1S/C20H24N4OS/c1-14-21-18-7-6-15(10-19(18)22-14)11-20(25)23-16-4-2-8-24(12-16)13-17-5-3-9-26-17/h3,5-7,9-10,16H,2,4,8,11-13H2,1H3,(H,21,22)(H,23,25). The molecule has 1 amide bonds. The average molecular weight is 369 g/mol. The summed E-state index contributed by atoms with van der Waals surface area (Å²) >= 11 is 1.80. The highest BCUT2D eigenvalue weighted by Crippen LogP contribution is 2.17. The predicted octanol–water partition coefficient (Wildman–Crippen LogP) is 3.26. The van der Waals surface area contributed by atoms with E-state index in [0.717, 1.165) is 54.9 Å². The van der Waals surface area contributed by atoms with E-state index in [0.29, 0.717) is 6.42 Å². The van der Waals surface area contributed by atoms with Gasteiger partial charge in [-0.2, -0.15) is 0 Å². The van der Waals surface area contributed by atoms with Crippen LogP contribution < -0.4 is 5.32 Å². The monoisotopic (exact) mass is 368 g/mol. The Hall–Kier alpha value is -2.18. The summed E-state index contributed by atoms with van der Waals surface area (Å²) in [4.78, 5) is 24.0. The first kappa shape index (κ1) is 17.2. The lowest BCUT2D eigenvalue weighted by molar-refractivity contribution is -0.121. The van der Waals surface area contributed by atoms with Crippen LogP contribution in [0.2, 0.25) is 0 Å². The molecule has 1 saturated heterocycles. The minimum atomic E-state index is 0.101. The molecule has 2 N–H and O–H groups in total. The summed E-state index contributed by atoms with van der Waals surface area (Å²) in [7, 11) is 0. The van der Waals surface area contributed by atoms with E-state index in [9.17, 15) is 4.79 Å². The van der Waals surface area contributed by atoms with Gasteiger partial charge in [-0.1, -0.05) is 12.1 Å². The number of thiophene rings is 1. The number of nitrogens with one attached hydrogen (secondary N) is 2. The Balaban J connectivity index is 1.33. The largest absolute Gasteiger partial charge is 0.352 e. The van der Waals surface area contributed by atoms with Crippen molar-refractivity contribution in [3.05, 3.63) is 52.0 Å². The first-order chi connectivity index (χ1) is 12.7. The van der Waals surface area contributed by atoms with E-state index in [1.165, 1.54) is 4.88 Å². The molecule has 1 aliphatic heterocycles. The van der Waals surface area contributed by atoms with Crippen molar-refractivity contribution in [2.24, 2.45) is 0 Å². The van der Waals surface area contributed by atoms with Crippen molar-refractivity contribution < 1.29 is 4.79 Å². The zero-order valence-corrected chi connectivity index (χ0v) is 15.8. The molecule has 1 unspecified atom stereocenters. The van der Waals surface area contributed by atoms with Crippen LogP contribution in [0.5, 0.6) is 0 Å².